The first-order valence-corrected chi connectivity index (χ1v) is 10.5. The zero-order valence-electron chi connectivity index (χ0n) is 17.8. The Bertz CT molecular complexity index is 948. The zero-order chi connectivity index (χ0) is 22.3. The second kappa shape index (κ2) is 13.5. The number of rotatable bonds is 11. The lowest BCUT2D eigenvalue weighted by molar-refractivity contribution is -0.116. The largest absolute Gasteiger partial charge is 0.348 e. The molecule has 2 aromatic heterocycles. The number of pyridine rings is 2. The van der Waals surface area contributed by atoms with Gasteiger partial charge in [-0.15, -0.1) is 0 Å². The topological polar surface area (TPSA) is 135 Å². The predicted molar refractivity (Wildman–Crippen MR) is 122 cm³/mol. The third-order valence-corrected chi connectivity index (χ3v) is 4.60. The van der Waals surface area contributed by atoms with Crippen LogP contribution in [0.3, 0.4) is 0 Å². The van der Waals surface area contributed by atoms with Crippen LogP contribution in [0.15, 0.2) is 46.6 Å². The third-order valence-electron chi connectivity index (χ3n) is 4.60. The quantitative estimate of drug-likeness (QED) is 0.144. The van der Waals surface area contributed by atoms with E-state index in [0.717, 1.165) is 37.8 Å². The molecule has 1 amide bonds. The van der Waals surface area contributed by atoms with E-state index in [1.807, 2.05) is 13.1 Å². The van der Waals surface area contributed by atoms with Gasteiger partial charge < -0.3 is 15.6 Å². The summed E-state index contributed by atoms with van der Waals surface area (Å²) in [5, 5.41) is 17.2. The van der Waals surface area contributed by atoms with Crippen LogP contribution in [0.4, 0.5) is 11.5 Å². The lowest BCUT2D eigenvalue weighted by atomic mass is 10.1. The highest BCUT2D eigenvalue weighted by Crippen LogP contribution is 2.08. The number of nitrogens with zero attached hydrogens (tertiary/aromatic N) is 3. The standard InChI is InChI=1S/C22H29N7O2/c1-2-17-15-26-20(14-19(17)30)29-21(31)8-6-4-3-5-7-11-25-22(27-16-23)28-18-9-12-24-13-10-18/h9-10,12-15H,2-8,11H2,1H3,(H2,24,25,27,28)(H2,26,29,30,31). The Balaban J connectivity index is 1.59. The fraction of sp³-hybridized carbons (Fsp3) is 0.409. The van der Waals surface area contributed by atoms with Crippen LogP contribution < -0.4 is 21.4 Å². The highest BCUT2D eigenvalue weighted by atomic mass is 16.1. The van der Waals surface area contributed by atoms with Crippen molar-refractivity contribution in [2.45, 2.75) is 51.9 Å². The lowest BCUT2D eigenvalue weighted by Gasteiger charge is -2.07. The molecule has 0 saturated carbocycles. The number of guanidine groups is 1. The summed E-state index contributed by atoms with van der Waals surface area (Å²) in [5.41, 5.74) is 1.44. The maximum Gasteiger partial charge on any atom is 0.225 e. The molecule has 2 aromatic rings. The van der Waals surface area contributed by atoms with E-state index in [9.17, 15) is 9.59 Å². The first kappa shape index (κ1) is 23.6. The number of hydrogen-bond acceptors (Lipinski definition) is 5. The Morgan fingerprint density at radius 3 is 2.61 bits per heavy atom. The first-order chi connectivity index (χ1) is 15.1. The van der Waals surface area contributed by atoms with Crippen molar-refractivity contribution in [2.24, 2.45) is 4.99 Å². The molecule has 0 aromatic carbocycles. The number of amides is 1. The van der Waals surface area contributed by atoms with E-state index >= 15 is 0 Å². The van der Waals surface area contributed by atoms with E-state index in [1.54, 1.807) is 30.7 Å². The number of carbonyl (C=O) groups excluding carboxylic acids is 1. The molecule has 0 bridgehead atoms. The molecule has 164 valence electrons. The molecule has 0 aliphatic carbocycles. The van der Waals surface area contributed by atoms with Crippen LogP contribution in [0.5, 0.6) is 0 Å². The average molecular weight is 424 g/mol. The Labute approximate surface area is 182 Å². The van der Waals surface area contributed by atoms with Gasteiger partial charge in [-0.2, -0.15) is 5.26 Å². The number of aromatic amines is 1. The van der Waals surface area contributed by atoms with Gasteiger partial charge in [0.05, 0.1) is 0 Å². The van der Waals surface area contributed by atoms with Crippen molar-refractivity contribution in [3.8, 4) is 6.19 Å². The van der Waals surface area contributed by atoms with Gasteiger partial charge in [0, 0.05) is 48.9 Å². The number of nitrogens with one attached hydrogen (secondary N) is 4. The second-order valence-corrected chi connectivity index (χ2v) is 6.98. The minimum Gasteiger partial charge on any atom is -0.348 e. The summed E-state index contributed by atoms with van der Waals surface area (Å²) in [6.07, 6.45) is 12.5. The van der Waals surface area contributed by atoms with Crippen LogP contribution in [0.1, 0.15) is 51.0 Å². The molecule has 9 heteroatoms. The van der Waals surface area contributed by atoms with E-state index in [0.29, 0.717) is 36.7 Å². The molecule has 0 atom stereocenters. The Hall–Kier alpha value is -3.67. The van der Waals surface area contributed by atoms with Crippen molar-refractivity contribution >= 4 is 23.4 Å². The number of hydrogen-bond donors (Lipinski definition) is 4. The number of anilines is 2. The van der Waals surface area contributed by atoms with Crippen molar-refractivity contribution in [1.82, 2.24) is 15.3 Å². The summed E-state index contributed by atoms with van der Waals surface area (Å²) in [4.78, 5) is 35.1. The van der Waals surface area contributed by atoms with Gasteiger partial charge in [-0.25, -0.2) is 0 Å². The Kier molecular flexibility index (Phi) is 10.3. The van der Waals surface area contributed by atoms with Gasteiger partial charge in [0.15, 0.2) is 11.6 Å². The molecule has 0 spiro atoms. The van der Waals surface area contributed by atoms with Crippen LogP contribution >= 0.6 is 0 Å². The molecule has 2 heterocycles. The summed E-state index contributed by atoms with van der Waals surface area (Å²) in [6, 6.07) is 5.02. The summed E-state index contributed by atoms with van der Waals surface area (Å²) in [5.74, 6) is 0.751. The van der Waals surface area contributed by atoms with Gasteiger partial charge in [0.25, 0.3) is 0 Å². The van der Waals surface area contributed by atoms with E-state index in [2.05, 4.69) is 30.9 Å². The SMILES string of the molecule is CCc1c[nH]c(NC(=O)CCCCCCCN=C(NC#N)Nc2ccncc2)cc1=O. The fourth-order valence-corrected chi connectivity index (χ4v) is 2.92. The van der Waals surface area contributed by atoms with Gasteiger partial charge in [0.1, 0.15) is 5.82 Å². The average Bonchev–Trinajstić information content (AvgIpc) is 2.76. The molecular weight excluding hydrogens is 394 g/mol. The normalized spacial score (nSPS) is 10.9. The molecule has 0 aliphatic rings. The Morgan fingerprint density at radius 1 is 1.16 bits per heavy atom. The molecule has 0 aliphatic heterocycles. The summed E-state index contributed by atoms with van der Waals surface area (Å²) < 4.78 is 0. The zero-order valence-corrected chi connectivity index (χ0v) is 17.8. The molecular formula is C22H29N7O2. The minimum absolute atomic E-state index is 0.0664. The van der Waals surface area contributed by atoms with Crippen LogP contribution in [0, 0.1) is 11.5 Å². The predicted octanol–water partition coefficient (Wildman–Crippen LogP) is 3.15. The van der Waals surface area contributed by atoms with Gasteiger partial charge in [-0.05, 0) is 31.4 Å². The number of unbranched alkanes of at least 4 members (excludes halogenated alkanes) is 4. The molecule has 4 N–H and O–H groups in total. The summed E-state index contributed by atoms with van der Waals surface area (Å²) >= 11 is 0. The number of carbonyl (C=O) groups is 1. The van der Waals surface area contributed by atoms with Gasteiger partial charge in [-0.3, -0.25) is 24.9 Å². The minimum atomic E-state index is -0.0982. The lowest BCUT2D eigenvalue weighted by Crippen LogP contribution is -2.27. The summed E-state index contributed by atoms with van der Waals surface area (Å²) in [7, 11) is 0. The highest BCUT2D eigenvalue weighted by Gasteiger charge is 2.05. The van der Waals surface area contributed by atoms with Crippen molar-refractivity contribution in [3.63, 3.8) is 0 Å². The molecule has 9 nitrogen and oxygen atoms in total. The van der Waals surface area contributed by atoms with Crippen LogP contribution in [-0.4, -0.2) is 28.4 Å². The first-order valence-electron chi connectivity index (χ1n) is 10.5. The van der Waals surface area contributed by atoms with Crippen molar-refractivity contribution < 1.29 is 4.79 Å². The highest BCUT2D eigenvalue weighted by molar-refractivity contribution is 5.94. The van der Waals surface area contributed by atoms with E-state index in [1.165, 1.54) is 6.07 Å². The molecule has 0 saturated heterocycles. The molecule has 2 rings (SSSR count). The second-order valence-electron chi connectivity index (χ2n) is 6.98. The number of aryl methyl sites for hydroxylation is 1. The van der Waals surface area contributed by atoms with Gasteiger partial charge >= 0.3 is 0 Å². The van der Waals surface area contributed by atoms with Crippen LogP contribution in [-0.2, 0) is 11.2 Å². The maximum absolute atomic E-state index is 12.0. The van der Waals surface area contributed by atoms with E-state index in [-0.39, 0.29) is 11.3 Å². The molecule has 31 heavy (non-hydrogen) atoms. The van der Waals surface area contributed by atoms with E-state index in [4.69, 9.17) is 5.26 Å². The van der Waals surface area contributed by atoms with Crippen LogP contribution in [0.25, 0.3) is 0 Å². The fourth-order valence-electron chi connectivity index (χ4n) is 2.92. The number of H-pyrrole nitrogens is 1. The number of aromatic nitrogens is 2. The number of aliphatic imine (C=N–C) groups is 1. The smallest absolute Gasteiger partial charge is 0.225 e. The van der Waals surface area contributed by atoms with Crippen LogP contribution in [0.2, 0.25) is 0 Å². The molecule has 0 fully saturated rings. The van der Waals surface area contributed by atoms with Gasteiger partial charge in [-0.1, -0.05) is 26.2 Å². The van der Waals surface area contributed by atoms with Crippen molar-refractivity contribution in [2.75, 3.05) is 17.2 Å². The van der Waals surface area contributed by atoms with E-state index < -0.39 is 0 Å². The van der Waals surface area contributed by atoms with Crippen molar-refractivity contribution in [3.05, 3.63) is 52.6 Å². The molecule has 0 radical (unpaired) electrons. The molecule has 0 unspecified atom stereocenters. The van der Waals surface area contributed by atoms with Crippen molar-refractivity contribution in [1.29, 1.82) is 5.26 Å². The van der Waals surface area contributed by atoms with Gasteiger partial charge in [0.2, 0.25) is 11.9 Å². The summed E-state index contributed by atoms with van der Waals surface area (Å²) in [6.45, 7) is 2.51. The number of nitriles is 1. The Morgan fingerprint density at radius 2 is 1.90 bits per heavy atom. The third kappa shape index (κ3) is 9.12. The maximum atomic E-state index is 12.0. The monoisotopic (exact) mass is 423 g/mol.